The van der Waals surface area contributed by atoms with Gasteiger partial charge in [0, 0.05) is 15.7 Å². The topological polar surface area (TPSA) is 79.3 Å². The van der Waals surface area contributed by atoms with E-state index < -0.39 is 17.7 Å². The molecule has 1 saturated heterocycles. The van der Waals surface area contributed by atoms with Crippen LogP contribution >= 0.6 is 22.6 Å². The first-order valence-electron chi connectivity index (χ1n) is 10.5. The van der Waals surface area contributed by atoms with Crippen LogP contribution in [0.5, 0.6) is 11.5 Å². The van der Waals surface area contributed by atoms with Gasteiger partial charge in [-0.3, -0.25) is 9.59 Å². The van der Waals surface area contributed by atoms with Gasteiger partial charge in [0.25, 0.3) is 11.7 Å². The van der Waals surface area contributed by atoms with Crippen LogP contribution in [-0.2, 0) is 9.59 Å². The molecular formula is C24H25IN2O5. The number of benzene rings is 2. The third-order valence-corrected chi connectivity index (χ3v) is 6.26. The summed E-state index contributed by atoms with van der Waals surface area (Å²) in [6.07, 6.45) is 0.713. The number of likely N-dealkylation sites (tertiary alicyclic amines) is 1. The van der Waals surface area contributed by atoms with Crippen molar-refractivity contribution in [2.75, 3.05) is 40.4 Å². The fourth-order valence-corrected chi connectivity index (χ4v) is 4.37. The number of ketones is 1. The van der Waals surface area contributed by atoms with Crippen molar-refractivity contribution in [3.05, 3.63) is 62.7 Å². The number of halogens is 1. The van der Waals surface area contributed by atoms with E-state index in [-0.39, 0.29) is 11.3 Å². The van der Waals surface area contributed by atoms with Crippen LogP contribution in [0.15, 0.2) is 48.0 Å². The van der Waals surface area contributed by atoms with Gasteiger partial charge in [-0.25, -0.2) is 0 Å². The van der Waals surface area contributed by atoms with Crippen molar-refractivity contribution < 1.29 is 24.2 Å². The Labute approximate surface area is 200 Å². The maximum absolute atomic E-state index is 13.1. The van der Waals surface area contributed by atoms with Crippen molar-refractivity contribution in [1.82, 2.24) is 9.80 Å². The minimum absolute atomic E-state index is 0.0951. The maximum atomic E-state index is 13.1. The molecule has 2 aliphatic heterocycles. The monoisotopic (exact) mass is 548 g/mol. The first-order chi connectivity index (χ1) is 15.4. The van der Waals surface area contributed by atoms with Crippen molar-refractivity contribution in [2.45, 2.75) is 12.5 Å². The second-order valence-electron chi connectivity index (χ2n) is 8.06. The molecule has 2 aliphatic rings. The van der Waals surface area contributed by atoms with Gasteiger partial charge in [-0.2, -0.15) is 0 Å². The van der Waals surface area contributed by atoms with Crippen LogP contribution in [0.2, 0.25) is 0 Å². The Balaban J connectivity index is 1.77. The Morgan fingerprint density at radius 3 is 2.47 bits per heavy atom. The average Bonchev–Trinajstić information content (AvgIpc) is 3.03. The van der Waals surface area contributed by atoms with Crippen LogP contribution in [0.25, 0.3) is 5.76 Å². The normalized spacial score (nSPS) is 19.6. The van der Waals surface area contributed by atoms with Crippen LogP contribution in [0.1, 0.15) is 23.6 Å². The van der Waals surface area contributed by atoms with Gasteiger partial charge in [0.2, 0.25) is 0 Å². The summed E-state index contributed by atoms with van der Waals surface area (Å²) in [7, 11) is 3.93. The second-order valence-corrected chi connectivity index (χ2v) is 9.30. The number of aliphatic hydroxyl groups excluding tert-OH is 1. The van der Waals surface area contributed by atoms with E-state index in [9.17, 15) is 14.7 Å². The number of carbonyl (C=O) groups is 2. The molecule has 8 heteroatoms. The fourth-order valence-electron chi connectivity index (χ4n) is 4.01. The number of amides is 1. The molecule has 4 rings (SSSR count). The number of rotatable bonds is 6. The number of hydrogen-bond acceptors (Lipinski definition) is 6. The van der Waals surface area contributed by atoms with Gasteiger partial charge >= 0.3 is 0 Å². The number of Topliss-reactive ketones (excluding diaryl/α,β-unsaturated/α-hetero) is 1. The van der Waals surface area contributed by atoms with Crippen LogP contribution in [0.4, 0.5) is 0 Å². The lowest BCUT2D eigenvalue weighted by atomic mass is 9.95. The summed E-state index contributed by atoms with van der Waals surface area (Å²) in [5.74, 6) is -0.381. The van der Waals surface area contributed by atoms with E-state index in [0.717, 1.165) is 15.7 Å². The highest BCUT2D eigenvalue weighted by atomic mass is 127. The molecule has 1 atom stereocenters. The summed E-state index contributed by atoms with van der Waals surface area (Å²) in [5, 5.41) is 11.2. The molecule has 0 radical (unpaired) electrons. The maximum Gasteiger partial charge on any atom is 0.295 e. The molecule has 2 aromatic rings. The number of fused-ring (bicyclic) bond motifs is 1. The third kappa shape index (κ3) is 4.47. The zero-order valence-corrected chi connectivity index (χ0v) is 20.2. The van der Waals surface area contributed by atoms with Gasteiger partial charge in [0.1, 0.15) is 19.0 Å². The molecule has 0 bridgehead atoms. The molecule has 0 aromatic heterocycles. The highest BCUT2D eigenvalue weighted by molar-refractivity contribution is 14.1. The fraction of sp³-hybridized carbons (Fsp3) is 0.333. The molecule has 1 N–H and O–H groups in total. The largest absolute Gasteiger partial charge is 0.507 e. The number of hydrogen-bond donors (Lipinski definition) is 1. The van der Waals surface area contributed by atoms with E-state index in [1.807, 2.05) is 43.3 Å². The second kappa shape index (κ2) is 9.50. The summed E-state index contributed by atoms with van der Waals surface area (Å²) >= 11 is 2.21. The number of ether oxygens (including phenoxy) is 2. The molecule has 1 amide bonds. The lowest BCUT2D eigenvalue weighted by Gasteiger charge is -2.26. The quantitative estimate of drug-likeness (QED) is 0.258. The number of aliphatic hydroxyl groups is 1. The van der Waals surface area contributed by atoms with E-state index >= 15 is 0 Å². The predicted octanol–water partition coefficient (Wildman–Crippen LogP) is 3.44. The summed E-state index contributed by atoms with van der Waals surface area (Å²) in [6, 6.07) is 12.0. The number of carbonyl (C=O) groups excluding carboxylic acids is 2. The van der Waals surface area contributed by atoms with E-state index in [4.69, 9.17) is 9.47 Å². The molecule has 32 heavy (non-hydrogen) atoms. The van der Waals surface area contributed by atoms with Crippen molar-refractivity contribution in [2.24, 2.45) is 0 Å². The van der Waals surface area contributed by atoms with Crippen molar-refractivity contribution in [1.29, 1.82) is 0 Å². The molecule has 1 unspecified atom stereocenters. The van der Waals surface area contributed by atoms with Crippen LogP contribution in [0.3, 0.4) is 0 Å². The van der Waals surface area contributed by atoms with Gasteiger partial charge in [-0.1, -0.05) is 12.1 Å². The molecule has 2 heterocycles. The van der Waals surface area contributed by atoms with Gasteiger partial charge in [-0.15, -0.1) is 0 Å². The highest BCUT2D eigenvalue weighted by Gasteiger charge is 2.45. The molecule has 1 fully saturated rings. The van der Waals surface area contributed by atoms with Crippen LogP contribution in [-0.4, -0.2) is 67.0 Å². The van der Waals surface area contributed by atoms with Gasteiger partial charge in [0.15, 0.2) is 11.5 Å². The third-order valence-electron chi connectivity index (χ3n) is 5.55. The summed E-state index contributed by atoms with van der Waals surface area (Å²) in [4.78, 5) is 29.7. The zero-order chi connectivity index (χ0) is 22.8. The Morgan fingerprint density at radius 1 is 1.09 bits per heavy atom. The Bertz CT molecular complexity index is 1060. The Morgan fingerprint density at radius 2 is 1.78 bits per heavy atom. The molecule has 168 valence electrons. The molecule has 7 nitrogen and oxygen atoms in total. The molecule has 0 spiro atoms. The standard InChI is InChI=1S/C24H25IN2O5/c1-26(2)10-3-11-27-21(15-4-7-17(25)8-5-15)20(23(29)24(27)30)22(28)16-6-9-18-19(14-16)32-13-12-31-18/h4-9,14,21,28H,3,10-13H2,1-2H3/b22-20+. The lowest BCUT2D eigenvalue weighted by molar-refractivity contribution is -0.139. The van der Waals surface area contributed by atoms with E-state index in [1.54, 1.807) is 23.1 Å². The Kier molecular flexibility index (Phi) is 6.71. The van der Waals surface area contributed by atoms with Gasteiger partial charge in [0.05, 0.1) is 11.6 Å². The Hall–Kier alpha value is -2.59. The lowest BCUT2D eigenvalue weighted by Crippen LogP contribution is -2.32. The molecule has 2 aromatic carbocycles. The van der Waals surface area contributed by atoms with Crippen molar-refractivity contribution in [3.63, 3.8) is 0 Å². The van der Waals surface area contributed by atoms with Crippen LogP contribution in [0, 0.1) is 3.57 Å². The van der Waals surface area contributed by atoms with Gasteiger partial charge in [-0.05, 0) is 85.5 Å². The van der Waals surface area contributed by atoms with E-state index in [0.29, 0.717) is 43.2 Å². The summed E-state index contributed by atoms with van der Waals surface area (Å²) < 4.78 is 12.2. The SMILES string of the molecule is CN(C)CCCN1C(=O)C(=O)/C(=C(/O)c2ccc3c(c2)OCCO3)C1c1ccc(I)cc1. The van der Waals surface area contributed by atoms with Crippen molar-refractivity contribution >= 4 is 40.0 Å². The minimum atomic E-state index is -0.675. The van der Waals surface area contributed by atoms with Crippen LogP contribution < -0.4 is 9.47 Å². The van der Waals surface area contributed by atoms with E-state index in [1.165, 1.54) is 0 Å². The molecule has 0 aliphatic carbocycles. The molecular weight excluding hydrogens is 523 g/mol. The number of nitrogens with zero attached hydrogens (tertiary/aromatic N) is 2. The highest BCUT2D eigenvalue weighted by Crippen LogP contribution is 2.41. The smallest absolute Gasteiger partial charge is 0.295 e. The first kappa shape index (κ1) is 22.6. The average molecular weight is 548 g/mol. The van der Waals surface area contributed by atoms with Gasteiger partial charge < -0.3 is 24.4 Å². The molecule has 0 saturated carbocycles. The summed E-state index contributed by atoms with van der Waals surface area (Å²) in [6.45, 7) is 2.07. The van der Waals surface area contributed by atoms with Crippen molar-refractivity contribution in [3.8, 4) is 11.5 Å². The summed E-state index contributed by atoms with van der Waals surface area (Å²) in [5.41, 5.74) is 1.29. The zero-order valence-electron chi connectivity index (χ0n) is 18.0. The van der Waals surface area contributed by atoms with E-state index in [2.05, 4.69) is 22.6 Å². The first-order valence-corrected chi connectivity index (χ1v) is 11.5. The minimum Gasteiger partial charge on any atom is -0.507 e. The predicted molar refractivity (Wildman–Crippen MR) is 129 cm³/mol.